The van der Waals surface area contributed by atoms with E-state index in [1.165, 1.54) is 18.5 Å². The first-order valence-corrected chi connectivity index (χ1v) is 4.74. The van der Waals surface area contributed by atoms with E-state index < -0.39 is 11.6 Å². The summed E-state index contributed by atoms with van der Waals surface area (Å²) < 4.78 is 27.4. The second-order valence-electron chi connectivity index (χ2n) is 3.47. The molecule has 0 aliphatic carbocycles. The summed E-state index contributed by atoms with van der Waals surface area (Å²) in [4.78, 5) is 3.90. The molecular formula is C11H10F2N2O. The molecule has 1 N–H and O–H groups in total. The lowest BCUT2D eigenvalue weighted by atomic mass is 10.2. The second-order valence-corrected chi connectivity index (χ2v) is 3.47. The van der Waals surface area contributed by atoms with Crippen LogP contribution < -0.4 is 0 Å². The number of rotatable bonds is 3. The third-order valence-corrected chi connectivity index (χ3v) is 2.14. The van der Waals surface area contributed by atoms with Gasteiger partial charge in [0.2, 0.25) is 0 Å². The van der Waals surface area contributed by atoms with Gasteiger partial charge in [-0.2, -0.15) is 0 Å². The monoisotopic (exact) mass is 224 g/mol. The first kappa shape index (κ1) is 10.8. The third kappa shape index (κ3) is 2.43. The lowest BCUT2D eigenvalue weighted by Gasteiger charge is -2.02. The molecule has 16 heavy (non-hydrogen) atoms. The largest absolute Gasteiger partial charge is 0.390 e. The summed E-state index contributed by atoms with van der Waals surface area (Å²) in [5.74, 6) is -1.20. The fourth-order valence-electron chi connectivity index (χ4n) is 1.49. The molecule has 5 heteroatoms. The zero-order chi connectivity index (χ0) is 11.5. The van der Waals surface area contributed by atoms with Crippen molar-refractivity contribution in [3.63, 3.8) is 0 Å². The SMILES string of the molecule is OCc1cn(Cc2cc(F)cc(F)c2)cn1. The van der Waals surface area contributed by atoms with Gasteiger partial charge in [-0.3, -0.25) is 0 Å². The Kier molecular flexibility index (Phi) is 2.96. The molecule has 0 aliphatic heterocycles. The van der Waals surface area contributed by atoms with Crippen molar-refractivity contribution in [1.82, 2.24) is 9.55 Å². The maximum atomic E-state index is 12.9. The Morgan fingerprint density at radius 3 is 2.44 bits per heavy atom. The topological polar surface area (TPSA) is 38.0 Å². The minimum absolute atomic E-state index is 0.148. The third-order valence-electron chi connectivity index (χ3n) is 2.14. The zero-order valence-electron chi connectivity index (χ0n) is 8.40. The number of aliphatic hydroxyl groups is 1. The van der Waals surface area contributed by atoms with Gasteiger partial charge in [-0.1, -0.05) is 0 Å². The molecule has 0 saturated carbocycles. The summed E-state index contributed by atoms with van der Waals surface area (Å²) >= 11 is 0. The first-order valence-electron chi connectivity index (χ1n) is 4.74. The molecule has 84 valence electrons. The average Bonchev–Trinajstić information content (AvgIpc) is 2.64. The van der Waals surface area contributed by atoms with Crippen LogP contribution in [0.5, 0.6) is 0 Å². The number of benzene rings is 1. The van der Waals surface area contributed by atoms with Gasteiger partial charge in [0.15, 0.2) is 0 Å². The maximum Gasteiger partial charge on any atom is 0.126 e. The number of hydrogen-bond acceptors (Lipinski definition) is 2. The van der Waals surface area contributed by atoms with Crippen LogP contribution in [0.15, 0.2) is 30.7 Å². The highest BCUT2D eigenvalue weighted by atomic mass is 19.1. The van der Waals surface area contributed by atoms with Crippen molar-refractivity contribution >= 4 is 0 Å². The van der Waals surface area contributed by atoms with E-state index in [-0.39, 0.29) is 6.61 Å². The van der Waals surface area contributed by atoms with Crippen LogP contribution in [0.4, 0.5) is 8.78 Å². The molecule has 1 heterocycles. The van der Waals surface area contributed by atoms with Crippen LogP contribution in [-0.4, -0.2) is 14.7 Å². The molecule has 0 unspecified atom stereocenters. The average molecular weight is 224 g/mol. The van der Waals surface area contributed by atoms with Crippen LogP contribution in [0.25, 0.3) is 0 Å². The lowest BCUT2D eigenvalue weighted by Crippen LogP contribution is -1.98. The Morgan fingerprint density at radius 2 is 1.88 bits per heavy atom. The van der Waals surface area contributed by atoms with Gasteiger partial charge in [0.1, 0.15) is 11.6 Å². The van der Waals surface area contributed by atoms with Gasteiger partial charge in [-0.25, -0.2) is 13.8 Å². The molecule has 0 bridgehead atoms. The molecule has 3 nitrogen and oxygen atoms in total. The summed E-state index contributed by atoms with van der Waals surface area (Å²) in [6.45, 7) is 0.173. The highest BCUT2D eigenvalue weighted by molar-refractivity contribution is 5.18. The normalized spacial score (nSPS) is 10.7. The van der Waals surface area contributed by atoms with Crippen molar-refractivity contribution in [2.75, 3.05) is 0 Å². The van der Waals surface area contributed by atoms with Crippen LogP contribution in [0.3, 0.4) is 0 Å². The zero-order valence-corrected chi connectivity index (χ0v) is 8.40. The standard InChI is InChI=1S/C11H10F2N2O/c12-9-1-8(2-10(13)3-9)4-15-5-11(6-16)14-7-15/h1-3,5,7,16H,4,6H2. The number of hydrogen-bond donors (Lipinski definition) is 1. The quantitative estimate of drug-likeness (QED) is 0.861. The highest BCUT2D eigenvalue weighted by Gasteiger charge is 2.02. The fourth-order valence-corrected chi connectivity index (χ4v) is 1.49. The van der Waals surface area contributed by atoms with Crippen LogP contribution in [0.1, 0.15) is 11.3 Å². The van der Waals surface area contributed by atoms with Crippen molar-refractivity contribution in [3.05, 3.63) is 53.6 Å². The van der Waals surface area contributed by atoms with Gasteiger partial charge < -0.3 is 9.67 Å². The highest BCUT2D eigenvalue weighted by Crippen LogP contribution is 2.10. The molecule has 2 aromatic rings. The Morgan fingerprint density at radius 1 is 1.19 bits per heavy atom. The molecule has 1 aromatic carbocycles. The van der Waals surface area contributed by atoms with E-state index in [4.69, 9.17) is 5.11 Å². The predicted octanol–water partition coefficient (Wildman–Crippen LogP) is 1.70. The molecular weight excluding hydrogens is 214 g/mol. The van der Waals surface area contributed by atoms with Crippen molar-refractivity contribution in [2.45, 2.75) is 13.2 Å². The summed E-state index contributed by atoms with van der Waals surface area (Å²) in [5.41, 5.74) is 1.04. The van der Waals surface area contributed by atoms with E-state index in [1.54, 1.807) is 10.8 Å². The minimum atomic E-state index is -0.600. The molecule has 0 amide bonds. The van der Waals surface area contributed by atoms with Gasteiger partial charge in [-0.05, 0) is 17.7 Å². The van der Waals surface area contributed by atoms with Crippen LogP contribution in [0.2, 0.25) is 0 Å². The van der Waals surface area contributed by atoms with E-state index in [2.05, 4.69) is 4.98 Å². The minimum Gasteiger partial charge on any atom is -0.390 e. The maximum absolute atomic E-state index is 12.9. The van der Waals surface area contributed by atoms with Crippen LogP contribution in [0, 0.1) is 11.6 Å². The van der Waals surface area contributed by atoms with Crippen molar-refractivity contribution in [2.24, 2.45) is 0 Å². The summed E-state index contributed by atoms with van der Waals surface area (Å²) in [6, 6.07) is 3.36. The number of nitrogens with zero attached hydrogens (tertiary/aromatic N) is 2. The Balaban J connectivity index is 2.19. The smallest absolute Gasteiger partial charge is 0.126 e. The van der Waals surface area contributed by atoms with Crippen molar-refractivity contribution in [3.8, 4) is 0 Å². The van der Waals surface area contributed by atoms with E-state index in [9.17, 15) is 8.78 Å². The number of halogens is 2. The molecule has 1 aromatic heterocycles. The Labute approximate surface area is 91.0 Å². The molecule has 0 radical (unpaired) electrons. The number of aliphatic hydroxyl groups excluding tert-OH is 1. The molecule has 0 spiro atoms. The molecule has 0 fully saturated rings. The molecule has 0 atom stereocenters. The van der Waals surface area contributed by atoms with Gasteiger partial charge in [0, 0.05) is 18.8 Å². The Bertz CT molecular complexity index is 476. The van der Waals surface area contributed by atoms with Gasteiger partial charge in [0.25, 0.3) is 0 Å². The molecule has 2 rings (SSSR count). The van der Waals surface area contributed by atoms with Gasteiger partial charge in [0.05, 0.1) is 18.6 Å². The van der Waals surface area contributed by atoms with Crippen molar-refractivity contribution in [1.29, 1.82) is 0 Å². The molecule has 0 saturated heterocycles. The summed E-state index contributed by atoms with van der Waals surface area (Å²) in [5, 5.41) is 8.81. The second kappa shape index (κ2) is 4.40. The first-order chi connectivity index (χ1) is 7.67. The van der Waals surface area contributed by atoms with Gasteiger partial charge >= 0.3 is 0 Å². The van der Waals surface area contributed by atoms with E-state index >= 15 is 0 Å². The van der Waals surface area contributed by atoms with Crippen LogP contribution >= 0.6 is 0 Å². The Hall–Kier alpha value is -1.75. The van der Waals surface area contributed by atoms with Gasteiger partial charge in [-0.15, -0.1) is 0 Å². The molecule has 0 aliphatic rings. The fraction of sp³-hybridized carbons (Fsp3) is 0.182. The van der Waals surface area contributed by atoms with E-state index in [0.29, 0.717) is 17.8 Å². The van der Waals surface area contributed by atoms with E-state index in [0.717, 1.165) is 6.07 Å². The van der Waals surface area contributed by atoms with Crippen molar-refractivity contribution < 1.29 is 13.9 Å². The van der Waals surface area contributed by atoms with Crippen LogP contribution in [-0.2, 0) is 13.2 Å². The number of imidazole rings is 1. The predicted molar refractivity (Wildman–Crippen MR) is 53.6 cm³/mol. The summed E-state index contributed by atoms with van der Waals surface area (Å²) in [7, 11) is 0. The number of aromatic nitrogens is 2. The van der Waals surface area contributed by atoms with E-state index in [1.807, 2.05) is 0 Å². The summed E-state index contributed by atoms with van der Waals surface area (Å²) in [6.07, 6.45) is 3.14. The lowest BCUT2D eigenvalue weighted by molar-refractivity contribution is 0.277.